The number of likely N-dealkylation sites (N-methyl/N-ethyl adjacent to an activating group) is 1. The fraction of sp³-hybridized carbons (Fsp3) is 0.250. The predicted molar refractivity (Wildman–Crippen MR) is 102 cm³/mol. The van der Waals surface area contributed by atoms with Crippen molar-refractivity contribution >= 4 is 17.3 Å². The minimum absolute atomic E-state index is 0.795. The molecule has 0 aliphatic carbocycles. The van der Waals surface area contributed by atoms with Crippen LogP contribution in [0.3, 0.4) is 0 Å². The smallest absolute Gasteiger partial charge is 0.135 e. The number of rotatable bonds is 6. The maximum atomic E-state index is 4.39. The van der Waals surface area contributed by atoms with E-state index in [1.807, 2.05) is 37.6 Å². The zero-order chi connectivity index (χ0) is 17.6. The van der Waals surface area contributed by atoms with Gasteiger partial charge in [-0.05, 0) is 61.2 Å². The van der Waals surface area contributed by atoms with Crippen LogP contribution >= 0.6 is 0 Å². The predicted octanol–water partition coefficient (Wildman–Crippen LogP) is 3.91. The van der Waals surface area contributed by atoms with Crippen molar-refractivity contribution in [1.29, 1.82) is 0 Å². The van der Waals surface area contributed by atoms with Gasteiger partial charge >= 0.3 is 0 Å². The molecule has 0 amide bonds. The van der Waals surface area contributed by atoms with Gasteiger partial charge < -0.3 is 10.2 Å². The van der Waals surface area contributed by atoms with Crippen LogP contribution in [0.2, 0.25) is 0 Å². The number of aromatic nitrogens is 3. The van der Waals surface area contributed by atoms with E-state index in [-0.39, 0.29) is 0 Å². The first kappa shape index (κ1) is 16.9. The highest BCUT2D eigenvalue weighted by atomic mass is 15.2. The van der Waals surface area contributed by atoms with Crippen LogP contribution in [0.25, 0.3) is 0 Å². The summed E-state index contributed by atoms with van der Waals surface area (Å²) in [6.07, 6.45) is 6.20. The number of aryl methyl sites for hydroxylation is 2. The maximum Gasteiger partial charge on any atom is 0.135 e. The molecule has 3 rings (SSSR count). The summed E-state index contributed by atoms with van der Waals surface area (Å²) in [5, 5.41) is 3.35. The molecular formula is C20H23N5. The molecule has 1 aromatic carbocycles. The van der Waals surface area contributed by atoms with Crippen LogP contribution in [0.4, 0.5) is 17.3 Å². The SMILES string of the molecule is Cc1ccc(Nc2cc(N(C)CCc3ccncc3)ncn2)cc1C. The van der Waals surface area contributed by atoms with Gasteiger partial charge in [0.05, 0.1) is 0 Å². The average Bonchev–Trinajstić information content (AvgIpc) is 2.64. The van der Waals surface area contributed by atoms with Crippen molar-refractivity contribution in [2.24, 2.45) is 0 Å². The van der Waals surface area contributed by atoms with Crippen LogP contribution in [0.15, 0.2) is 55.1 Å². The third kappa shape index (κ3) is 4.53. The fourth-order valence-electron chi connectivity index (χ4n) is 2.55. The van der Waals surface area contributed by atoms with Crippen LogP contribution in [0.5, 0.6) is 0 Å². The van der Waals surface area contributed by atoms with E-state index >= 15 is 0 Å². The Morgan fingerprint density at radius 1 is 0.960 bits per heavy atom. The molecule has 5 heteroatoms. The molecule has 25 heavy (non-hydrogen) atoms. The molecule has 0 radical (unpaired) electrons. The van der Waals surface area contributed by atoms with Gasteiger partial charge in [0.2, 0.25) is 0 Å². The van der Waals surface area contributed by atoms with E-state index in [0.29, 0.717) is 0 Å². The summed E-state index contributed by atoms with van der Waals surface area (Å²) in [4.78, 5) is 14.9. The van der Waals surface area contributed by atoms with Crippen molar-refractivity contribution in [1.82, 2.24) is 15.0 Å². The second-order valence-corrected chi connectivity index (χ2v) is 6.21. The van der Waals surface area contributed by atoms with Crippen molar-refractivity contribution in [2.45, 2.75) is 20.3 Å². The maximum absolute atomic E-state index is 4.39. The van der Waals surface area contributed by atoms with E-state index < -0.39 is 0 Å². The third-order valence-corrected chi connectivity index (χ3v) is 4.31. The van der Waals surface area contributed by atoms with Crippen molar-refractivity contribution in [2.75, 3.05) is 23.8 Å². The van der Waals surface area contributed by atoms with Crippen LogP contribution in [-0.2, 0) is 6.42 Å². The van der Waals surface area contributed by atoms with E-state index in [1.54, 1.807) is 6.33 Å². The molecule has 0 fully saturated rings. The van der Waals surface area contributed by atoms with Gasteiger partial charge in [0.15, 0.2) is 0 Å². The van der Waals surface area contributed by atoms with E-state index in [0.717, 1.165) is 30.3 Å². The number of nitrogens with zero attached hydrogens (tertiary/aromatic N) is 4. The lowest BCUT2D eigenvalue weighted by Crippen LogP contribution is -2.21. The Kier molecular flexibility index (Phi) is 5.23. The molecule has 0 aliphatic rings. The number of pyridine rings is 1. The van der Waals surface area contributed by atoms with Gasteiger partial charge in [-0.15, -0.1) is 0 Å². The van der Waals surface area contributed by atoms with Gasteiger partial charge in [-0.2, -0.15) is 0 Å². The molecule has 0 unspecified atom stereocenters. The molecule has 0 spiro atoms. The summed E-state index contributed by atoms with van der Waals surface area (Å²) in [5.74, 6) is 1.69. The molecule has 0 saturated heterocycles. The van der Waals surface area contributed by atoms with E-state index in [2.05, 4.69) is 57.2 Å². The van der Waals surface area contributed by atoms with Crippen LogP contribution < -0.4 is 10.2 Å². The average molecular weight is 333 g/mol. The number of nitrogens with one attached hydrogen (secondary N) is 1. The molecule has 0 atom stereocenters. The van der Waals surface area contributed by atoms with Crippen LogP contribution in [0, 0.1) is 13.8 Å². The Bertz CT molecular complexity index is 832. The van der Waals surface area contributed by atoms with Gasteiger partial charge in [0, 0.05) is 37.7 Å². The summed E-state index contributed by atoms with van der Waals surface area (Å²) >= 11 is 0. The molecule has 0 bridgehead atoms. The van der Waals surface area contributed by atoms with Gasteiger partial charge in [0.1, 0.15) is 18.0 Å². The number of hydrogen-bond donors (Lipinski definition) is 1. The highest BCUT2D eigenvalue weighted by molar-refractivity contribution is 5.60. The summed E-state index contributed by atoms with van der Waals surface area (Å²) in [6, 6.07) is 12.4. The van der Waals surface area contributed by atoms with Crippen molar-refractivity contribution in [3.8, 4) is 0 Å². The largest absolute Gasteiger partial charge is 0.359 e. The van der Waals surface area contributed by atoms with E-state index in [1.165, 1.54) is 16.7 Å². The minimum atomic E-state index is 0.795. The molecule has 1 N–H and O–H groups in total. The first-order valence-corrected chi connectivity index (χ1v) is 8.38. The Morgan fingerprint density at radius 2 is 1.76 bits per heavy atom. The summed E-state index contributed by atoms with van der Waals surface area (Å²) in [5.41, 5.74) is 4.84. The molecule has 2 aromatic heterocycles. The molecule has 0 aliphatic heterocycles. The Morgan fingerprint density at radius 3 is 2.52 bits per heavy atom. The number of benzene rings is 1. The van der Waals surface area contributed by atoms with Crippen molar-refractivity contribution in [3.63, 3.8) is 0 Å². The van der Waals surface area contributed by atoms with Crippen LogP contribution in [-0.4, -0.2) is 28.5 Å². The normalized spacial score (nSPS) is 10.5. The topological polar surface area (TPSA) is 53.9 Å². The summed E-state index contributed by atoms with van der Waals surface area (Å²) in [6.45, 7) is 5.10. The number of anilines is 3. The van der Waals surface area contributed by atoms with Gasteiger partial charge in [-0.1, -0.05) is 6.07 Å². The molecule has 128 valence electrons. The first-order chi connectivity index (χ1) is 12.1. The number of hydrogen-bond acceptors (Lipinski definition) is 5. The Hall–Kier alpha value is -2.95. The van der Waals surface area contributed by atoms with E-state index in [4.69, 9.17) is 0 Å². The molecule has 3 aromatic rings. The molecular weight excluding hydrogens is 310 g/mol. The zero-order valence-electron chi connectivity index (χ0n) is 14.9. The minimum Gasteiger partial charge on any atom is -0.359 e. The fourth-order valence-corrected chi connectivity index (χ4v) is 2.55. The van der Waals surface area contributed by atoms with Crippen LogP contribution in [0.1, 0.15) is 16.7 Å². The first-order valence-electron chi connectivity index (χ1n) is 8.38. The van der Waals surface area contributed by atoms with Gasteiger partial charge in [-0.25, -0.2) is 9.97 Å². The standard InChI is InChI=1S/C20H23N5/c1-15-4-5-18(12-16(15)2)24-19-13-20(23-14-22-19)25(3)11-8-17-6-9-21-10-7-17/h4-7,9-10,12-14H,8,11H2,1-3H3,(H,22,23,24). The third-order valence-electron chi connectivity index (χ3n) is 4.31. The lowest BCUT2D eigenvalue weighted by molar-refractivity contribution is 0.855. The molecule has 2 heterocycles. The lowest BCUT2D eigenvalue weighted by atomic mass is 10.1. The Labute approximate surface area is 148 Å². The Balaban J connectivity index is 1.66. The van der Waals surface area contributed by atoms with Gasteiger partial charge in [0.25, 0.3) is 0 Å². The van der Waals surface area contributed by atoms with Gasteiger partial charge in [-0.3, -0.25) is 4.98 Å². The second kappa shape index (κ2) is 7.75. The summed E-state index contributed by atoms with van der Waals surface area (Å²) in [7, 11) is 2.04. The van der Waals surface area contributed by atoms with E-state index in [9.17, 15) is 0 Å². The molecule has 5 nitrogen and oxygen atoms in total. The van der Waals surface area contributed by atoms with Crippen molar-refractivity contribution in [3.05, 3.63) is 71.8 Å². The highest BCUT2D eigenvalue weighted by Gasteiger charge is 2.06. The quantitative estimate of drug-likeness (QED) is 0.741. The monoisotopic (exact) mass is 333 g/mol. The highest BCUT2D eigenvalue weighted by Crippen LogP contribution is 2.20. The summed E-state index contributed by atoms with van der Waals surface area (Å²) < 4.78 is 0. The lowest BCUT2D eigenvalue weighted by Gasteiger charge is -2.18. The molecule has 0 saturated carbocycles. The zero-order valence-corrected chi connectivity index (χ0v) is 14.9. The second-order valence-electron chi connectivity index (χ2n) is 6.21. The van der Waals surface area contributed by atoms with Crippen molar-refractivity contribution < 1.29 is 0 Å².